The molecule has 0 amide bonds. The third-order valence-electron chi connectivity index (χ3n) is 3.13. The topological polar surface area (TPSA) is 66.6 Å². The highest BCUT2D eigenvalue weighted by Crippen LogP contribution is 2.20. The van der Waals surface area contributed by atoms with E-state index in [1.807, 2.05) is 25.1 Å². The van der Waals surface area contributed by atoms with Gasteiger partial charge in [0.2, 0.25) is 0 Å². The standard InChI is InChI=1S/C14H22N2O2/c1-3-10-16(4-2)11-14(15,13(17)18)12-8-6-5-7-9-12/h5-9H,3-4,10-11,15H2,1-2H3,(H,17,18). The summed E-state index contributed by atoms with van der Waals surface area (Å²) in [5.41, 5.74) is 5.43. The number of rotatable bonds is 7. The number of nitrogens with two attached hydrogens (primary N) is 1. The summed E-state index contributed by atoms with van der Waals surface area (Å²) in [5.74, 6) is -0.983. The molecule has 1 aromatic carbocycles. The van der Waals surface area contributed by atoms with Crippen LogP contribution in [0.1, 0.15) is 25.8 Å². The smallest absolute Gasteiger partial charge is 0.329 e. The molecular weight excluding hydrogens is 228 g/mol. The van der Waals surface area contributed by atoms with Crippen molar-refractivity contribution in [3.8, 4) is 0 Å². The van der Waals surface area contributed by atoms with Crippen LogP contribution in [0.5, 0.6) is 0 Å². The zero-order chi connectivity index (χ0) is 13.6. The van der Waals surface area contributed by atoms with Crippen molar-refractivity contribution in [1.82, 2.24) is 4.90 Å². The number of aliphatic carboxylic acids is 1. The molecule has 0 radical (unpaired) electrons. The molecule has 4 nitrogen and oxygen atoms in total. The largest absolute Gasteiger partial charge is 0.480 e. The molecule has 0 aliphatic carbocycles. The number of benzene rings is 1. The first-order valence-electron chi connectivity index (χ1n) is 6.34. The van der Waals surface area contributed by atoms with E-state index < -0.39 is 11.5 Å². The minimum Gasteiger partial charge on any atom is -0.480 e. The fraction of sp³-hybridized carbons (Fsp3) is 0.500. The number of carboxylic acid groups (broad SMARTS) is 1. The highest BCUT2D eigenvalue weighted by Gasteiger charge is 2.37. The Morgan fingerprint density at radius 3 is 2.39 bits per heavy atom. The van der Waals surface area contributed by atoms with Crippen molar-refractivity contribution in [3.63, 3.8) is 0 Å². The molecule has 0 spiro atoms. The summed E-state index contributed by atoms with van der Waals surface area (Å²) >= 11 is 0. The Bertz CT molecular complexity index is 381. The fourth-order valence-electron chi connectivity index (χ4n) is 2.04. The first kappa shape index (κ1) is 14.7. The molecule has 1 unspecified atom stereocenters. The lowest BCUT2D eigenvalue weighted by atomic mass is 9.90. The van der Waals surface area contributed by atoms with Crippen LogP contribution < -0.4 is 5.73 Å². The van der Waals surface area contributed by atoms with Gasteiger partial charge in [0.1, 0.15) is 0 Å². The third-order valence-corrected chi connectivity index (χ3v) is 3.13. The van der Waals surface area contributed by atoms with Crippen LogP contribution in [0.2, 0.25) is 0 Å². The summed E-state index contributed by atoms with van der Waals surface area (Å²) < 4.78 is 0. The average Bonchev–Trinajstić information content (AvgIpc) is 2.38. The van der Waals surface area contributed by atoms with E-state index in [1.54, 1.807) is 12.1 Å². The molecule has 0 bridgehead atoms. The van der Waals surface area contributed by atoms with Crippen LogP contribution in [0, 0.1) is 0 Å². The number of likely N-dealkylation sites (N-methyl/N-ethyl adjacent to an activating group) is 1. The maximum atomic E-state index is 11.5. The molecule has 0 fully saturated rings. The SMILES string of the molecule is CCCN(CC)CC(N)(C(=O)O)c1ccccc1. The van der Waals surface area contributed by atoms with Gasteiger partial charge in [-0.15, -0.1) is 0 Å². The van der Waals surface area contributed by atoms with Crippen molar-refractivity contribution in [2.75, 3.05) is 19.6 Å². The normalized spacial score (nSPS) is 14.4. The van der Waals surface area contributed by atoms with E-state index in [0.29, 0.717) is 12.1 Å². The first-order chi connectivity index (χ1) is 8.54. The minimum absolute atomic E-state index is 0.330. The van der Waals surface area contributed by atoms with Gasteiger partial charge >= 0.3 is 5.97 Å². The van der Waals surface area contributed by atoms with Crippen molar-refractivity contribution in [2.24, 2.45) is 5.73 Å². The monoisotopic (exact) mass is 250 g/mol. The number of nitrogens with zero attached hydrogens (tertiary/aromatic N) is 1. The second-order valence-electron chi connectivity index (χ2n) is 4.51. The van der Waals surface area contributed by atoms with E-state index >= 15 is 0 Å². The molecular formula is C14H22N2O2. The van der Waals surface area contributed by atoms with E-state index in [4.69, 9.17) is 5.73 Å². The number of hydrogen-bond acceptors (Lipinski definition) is 3. The zero-order valence-electron chi connectivity index (χ0n) is 11.1. The number of hydrogen-bond donors (Lipinski definition) is 2. The van der Waals surface area contributed by atoms with Crippen molar-refractivity contribution < 1.29 is 9.90 Å². The summed E-state index contributed by atoms with van der Waals surface area (Å²) in [5, 5.41) is 9.45. The van der Waals surface area contributed by atoms with E-state index in [0.717, 1.165) is 19.5 Å². The second kappa shape index (κ2) is 6.52. The Hall–Kier alpha value is -1.39. The summed E-state index contributed by atoms with van der Waals surface area (Å²) in [6.45, 7) is 6.08. The lowest BCUT2D eigenvalue weighted by Gasteiger charge is -2.31. The van der Waals surface area contributed by atoms with Gasteiger partial charge in [-0.25, -0.2) is 4.79 Å². The minimum atomic E-state index is -1.34. The van der Waals surface area contributed by atoms with Crippen LogP contribution in [0.25, 0.3) is 0 Å². The second-order valence-corrected chi connectivity index (χ2v) is 4.51. The third kappa shape index (κ3) is 3.31. The molecule has 0 aliphatic rings. The quantitative estimate of drug-likeness (QED) is 0.772. The zero-order valence-corrected chi connectivity index (χ0v) is 11.1. The van der Waals surface area contributed by atoms with Gasteiger partial charge in [-0.2, -0.15) is 0 Å². The van der Waals surface area contributed by atoms with Crippen LogP contribution >= 0.6 is 0 Å². The van der Waals surface area contributed by atoms with Gasteiger partial charge in [0.25, 0.3) is 0 Å². The van der Waals surface area contributed by atoms with Crippen LogP contribution in [0.4, 0.5) is 0 Å². The predicted octanol–water partition coefficient (Wildman–Crippen LogP) is 1.66. The molecule has 1 atom stereocenters. The maximum absolute atomic E-state index is 11.5. The highest BCUT2D eigenvalue weighted by molar-refractivity contribution is 5.80. The molecule has 0 aliphatic heterocycles. The molecule has 3 N–H and O–H groups in total. The molecule has 1 rings (SSSR count). The maximum Gasteiger partial charge on any atom is 0.329 e. The highest BCUT2D eigenvalue weighted by atomic mass is 16.4. The van der Waals surface area contributed by atoms with Gasteiger partial charge in [0.15, 0.2) is 5.54 Å². The Morgan fingerprint density at radius 2 is 1.94 bits per heavy atom. The van der Waals surface area contributed by atoms with Gasteiger partial charge < -0.3 is 15.7 Å². The van der Waals surface area contributed by atoms with Gasteiger partial charge in [0, 0.05) is 6.54 Å². The van der Waals surface area contributed by atoms with Crippen molar-refractivity contribution in [1.29, 1.82) is 0 Å². The summed E-state index contributed by atoms with van der Waals surface area (Å²) in [7, 11) is 0. The van der Waals surface area contributed by atoms with Crippen LogP contribution in [0.15, 0.2) is 30.3 Å². The van der Waals surface area contributed by atoms with Gasteiger partial charge in [-0.05, 0) is 25.1 Å². The molecule has 100 valence electrons. The van der Waals surface area contributed by atoms with Gasteiger partial charge in [-0.1, -0.05) is 44.2 Å². The molecule has 0 saturated carbocycles. The average molecular weight is 250 g/mol. The number of carboxylic acids is 1. The fourth-order valence-corrected chi connectivity index (χ4v) is 2.04. The van der Waals surface area contributed by atoms with Crippen LogP contribution in [0.3, 0.4) is 0 Å². The first-order valence-corrected chi connectivity index (χ1v) is 6.34. The molecule has 4 heteroatoms. The Morgan fingerprint density at radius 1 is 1.33 bits per heavy atom. The molecule has 0 aromatic heterocycles. The summed E-state index contributed by atoms with van der Waals surface area (Å²) in [4.78, 5) is 13.6. The van der Waals surface area contributed by atoms with Crippen molar-refractivity contribution >= 4 is 5.97 Å². The van der Waals surface area contributed by atoms with Crippen molar-refractivity contribution in [2.45, 2.75) is 25.8 Å². The van der Waals surface area contributed by atoms with E-state index in [1.165, 1.54) is 0 Å². The van der Waals surface area contributed by atoms with Crippen LogP contribution in [-0.4, -0.2) is 35.6 Å². The lowest BCUT2D eigenvalue weighted by Crippen LogP contribution is -2.53. The van der Waals surface area contributed by atoms with E-state index in [2.05, 4.69) is 11.8 Å². The Balaban J connectivity index is 2.97. The van der Waals surface area contributed by atoms with Crippen molar-refractivity contribution in [3.05, 3.63) is 35.9 Å². The molecule has 0 heterocycles. The predicted molar refractivity (Wildman–Crippen MR) is 72.3 cm³/mol. The lowest BCUT2D eigenvalue weighted by molar-refractivity contribution is -0.144. The summed E-state index contributed by atoms with van der Waals surface area (Å²) in [6.07, 6.45) is 0.984. The van der Waals surface area contributed by atoms with E-state index in [-0.39, 0.29) is 0 Å². The molecule has 0 saturated heterocycles. The molecule has 18 heavy (non-hydrogen) atoms. The van der Waals surface area contributed by atoms with E-state index in [9.17, 15) is 9.90 Å². The number of carbonyl (C=O) groups is 1. The molecule has 1 aromatic rings. The van der Waals surface area contributed by atoms with Gasteiger partial charge in [-0.3, -0.25) is 0 Å². The van der Waals surface area contributed by atoms with Gasteiger partial charge in [0.05, 0.1) is 0 Å². The Labute approximate surface area is 108 Å². The van der Waals surface area contributed by atoms with Crippen LogP contribution in [-0.2, 0) is 10.3 Å². The Kier molecular flexibility index (Phi) is 5.31. The summed E-state index contributed by atoms with van der Waals surface area (Å²) in [6, 6.07) is 9.03.